The number of nitrogens with zero attached hydrogens (tertiary/aromatic N) is 3. The molecular weight excluding hydrogens is 230 g/mol. The normalized spacial score (nSPS) is 18.1. The van der Waals surface area contributed by atoms with Gasteiger partial charge >= 0.3 is 5.97 Å². The van der Waals surface area contributed by atoms with Gasteiger partial charge in [0.05, 0.1) is 18.4 Å². The summed E-state index contributed by atoms with van der Waals surface area (Å²) in [5.41, 5.74) is 1.09. The van der Waals surface area contributed by atoms with E-state index in [1.54, 1.807) is 11.9 Å². The number of rotatable bonds is 3. The molecule has 1 aliphatic rings. The maximum atomic E-state index is 11.6. The first-order valence-electron chi connectivity index (χ1n) is 5.74. The Morgan fingerprint density at radius 1 is 1.56 bits per heavy atom. The van der Waals surface area contributed by atoms with Crippen molar-refractivity contribution < 1.29 is 9.53 Å². The predicted octanol–water partition coefficient (Wildman–Crippen LogP) is 1.71. The maximum Gasteiger partial charge on any atom is 0.354 e. The summed E-state index contributed by atoms with van der Waals surface area (Å²) in [6.45, 7) is 2.05. The standard InChI is InChI=1S/C13H13N3O2/c1-2-18-13(17)12-8-11(9-14)16(15-12)10-6-4-3-5-7-10/h3-7,11H,2,8H2,1H3/t11-/m0/s1. The van der Waals surface area contributed by atoms with Crippen LogP contribution in [-0.2, 0) is 9.53 Å². The molecule has 0 bridgehead atoms. The average Bonchev–Trinajstić information content (AvgIpc) is 2.84. The number of hydrazone groups is 1. The van der Waals surface area contributed by atoms with E-state index < -0.39 is 12.0 Å². The molecular formula is C13H13N3O2. The third-order valence-electron chi connectivity index (χ3n) is 2.59. The quantitative estimate of drug-likeness (QED) is 0.758. The molecule has 5 heteroatoms. The summed E-state index contributed by atoms with van der Waals surface area (Å²) in [5, 5.41) is 14.9. The SMILES string of the molecule is CCOC(=O)C1=NN(c2ccccc2)[C@H](C#N)C1. The van der Waals surface area contributed by atoms with Gasteiger partial charge in [-0.15, -0.1) is 0 Å². The largest absolute Gasteiger partial charge is 0.461 e. The molecule has 0 radical (unpaired) electrons. The molecule has 0 spiro atoms. The molecule has 1 aromatic carbocycles. The van der Waals surface area contributed by atoms with Crippen LogP contribution in [0.15, 0.2) is 35.4 Å². The highest BCUT2D eigenvalue weighted by atomic mass is 16.5. The monoisotopic (exact) mass is 243 g/mol. The molecule has 92 valence electrons. The molecule has 0 aromatic heterocycles. The lowest BCUT2D eigenvalue weighted by atomic mass is 10.1. The number of benzene rings is 1. The Kier molecular flexibility index (Phi) is 3.58. The Labute approximate surface area is 105 Å². The first kappa shape index (κ1) is 12.1. The van der Waals surface area contributed by atoms with E-state index in [9.17, 15) is 4.79 Å². The van der Waals surface area contributed by atoms with Crippen molar-refractivity contribution in [2.45, 2.75) is 19.4 Å². The van der Waals surface area contributed by atoms with Crippen LogP contribution in [-0.4, -0.2) is 24.3 Å². The van der Waals surface area contributed by atoms with Crippen molar-refractivity contribution in [1.82, 2.24) is 0 Å². The number of nitriles is 1. The second-order valence-electron chi connectivity index (χ2n) is 3.80. The van der Waals surface area contributed by atoms with E-state index in [0.717, 1.165) is 5.69 Å². The van der Waals surface area contributed by atoms with Crippen LogP contribution in [0.5, 0.6) is 0 Å². The molecule has 0 saturated heterocycles. The maximum absolute atomic E-state index is 11.6. The predicted molar refractivity (Wildman–Crippen MR) is 67.0 cm³/mol. The van der Waals surface area contributed by atoms with Gasteiger partial charge in [-0.2, -0.15) is 10.4 Å². The molecule has 0 amide bonds. The molecule has 1 aromatic rings. The van der Waals surface area contributed by atoms with E-state index in [2.05, 4.69) is 11.2 Å². The lowest BCUT2D eigenvalue weighted by Crippen LogP contribution is -2.24. The highest BCUT2D eigenvalue weighted by molar-refractivity contribution is 6.37. The summed E-state index contributed by atoms with van der Waals surface area (Å²) in [7, 11) is 0. The average molecular weight is 243 g/mol. The summed E-state index contributed by atoms with van der Waals surface area (Å²) >= 11 is 0. The second kappa shape index (κ2) is 5.32. The second-order valence-corrected chi connectivity index (χ2v) is 3.80. The van der Waals surface area contributed by atoms with Crippen molar-refractivity contribution in [3.05, 3.63) is 30.3 Å². The highest BCUT2D eigenvalue weighted by Gasteiger charge is 2.31. The van der Waals surface area contributed by atoms with Crippen molar-refractivity contribution in [1.29, 1.82) is 5.26 Å². The van der Waals surface area contributed by atoms with Gasteiger partial charge in [0.25, 0.3) is 0 Å². The van der Waals surface area contributed by atoms with Gasteiger partial charge in [0, 0.05) is 6.42 Å². The van der Waals surface area contributed by atoms with Gasteiger partial charge in [0.15, 0.2) is 0 Å². The molecule has 1 heterocycles. The molecule has 18 heavy (non-hydrogen) atoms. The fourth-order valence-corrected chi connectivity index (χ4v) is 1.77. The number of ether oxygens (including phenoxy) is 1. The lowest BCUT2D eigenvalue weighted by Gasteiger charge is -2.17. The van der Waals surface area contributed by atoms with E-state index >= 15 is 0 Å². The highest BCUT2D eigenvalue weighted by Crippen LogP contribution is 2.24. The Bertz CT molecular complexity index is 505. The molecule has 0 unspecified atom stereocenters. The smallest absolute Gasteiger partial charge is 0.354 e. The minimum absolute atomic E-state index is 0.296. The number of hydrogen-bond acceptors (Lipinski definition) is 5. The van der Waals surface area contributed by atoms with Crippen molar-refractivity contribution >= 4 is 17.4 Å². The third kappa shape index (κ3) is 2.33. The summed E-state index contributed by atoms with van der Waals surface area (Å²) in [5.74, 6) is -0.448. The summed E-state index contributed by atoms with van der Waals surface area (Å²) in [6.07, 6.45) is 0.296. The lowest BCUT2D eigenvalue weighted by molar-refractivity contribution is -0.135. The van der Waals surface area contributed by atoms with Crippen molar-refractivity contribution in [2.24, 2.45) is 5.10 Å². The van der Waals surface area contributed by atoms with Gasteiger partial charge in [-0.1, -0.05) is 18.2 Å². The van der Waals surface area contributed by atoms with Crippen LogP contribution >= 0.6 is 0 Å². The van der Waals surface area contributed by atoms with Crippen LogP contribution in [0.2, 0.25) is 0 Å². The topological polar surface area (TPSA) is 65.7 Å². The molecule has 2 rings (SSSR count). The minimum atomic E-state index is -0.452. The third-order valence-corrected chi connectivity index (χ3v) is 2.59. The summed E-state index contributed by atoms with van der Waals surface area (Å²) in [4.78, 5) is 11.6. The van der Waals surface area contributed by atoms with Crippen LogP contribution in [0, 0.1) is 11.3 Å². The molecule has 0 aliphatic carbocycles. The Balaban J connectivity index is 2.24. The van der Waals surface area contributed by atoms with Crippen LogP contribution in [0.25, 0.3) is 0 Å². The van der Waals surface area contributed by atoms with E-state index in [0.29, 0.717) is 18.7 Å². The molecule has 5 nitrogen and oxygen atoms in total. The van der Waals surface area contributed by atoms with Crippen molar-refractivity contribution in [3.63, 3.8) is 0 Å². The molecule has 0 N–H and O–H groups in total. The Hall–Kier alpha value is -2.35. The van der Waals surface area contributed by atoms with E-state index in [-0.39, 0.29) is 0 Å². The number of para-hydroxylation sites is 1. The van der Waals surface area contributed by atoms with Crippen molar-refractivity contribution in [2.75, 3.05) is 11.6 Å². The zero-order valence-electron chi connectivity index (χ0n) is 10.0. The zero-order chi connectivity index (χ0) is 13.0. The van der Waals surface area contributed by atoms with Gasteiger partial charge in [0.2, 0.25) is 0 Å². The van der Waals surface area contributed by atoms with Crippen molar-refractivity contribution in [3.8, 4) is 6.07 Å². The minimum Gasteiger partial charge on any atom is -0.461 e. The van der Waals surface area contributed by atoms with Gasteiger partial charge in [-0.25, -0.2) is 9.80 Å². The summed E-state index contributed by atoms with van der Waals surface area (Å²) < 4.78 is 4.90. The van der Waals surface area contributed by atoms with Crippen LogP contribution in [0.1, 0.15) is 13.3 Å². The van der Waals surface area contributed by atoms with Crippen LogP contribution in [0.4, 0.5) is 5.69 Å². The van der Waals surface area contributed by atoms with E-state index in [1.165, 1.54) is 0 Å². The fourth-order valence-electron chi connectivity index (χ4n) is 1.77. The Morgan fingerprint density at radius 3 is 2.89 bits per heavy atom. The number of esters is 1. The molecule has 0 saturated carbocycles. The van der Waals surface area contributed by atoms with Gasteiger partial charge in [-0.05, 0) is 19.1 Å². The van der Waals surface area contributed by atoms with Crippen LogP contribution < -0.4 is 5.01 Å². The first-order valence-corrected chi connectivity index (χ1v) is 5.74. The summed E-state index contributed by atoms with van der Waals surface area (Å²) in [6, 6.07) is 11.0. The van der Waals surface area contributed by atoms with Gasteiger partial charge < -0.3 is 4.74 Å². The number of carbonyl (C=O) groups is 1. The number of hydrogen-bond donors (Lipinski definition) is 0. The number of carbonyl (C=O) groups excluding carboxylic acids is 1. The first-order chi connectivity index (χ1) is 8.76. The van der Waals surface area contributed by atoms with Gasteiger partial charge in [0.1, 0.15) is 11.8 Å². The van der Waals surface area contributed by atoms with Crippen LogP contribution in [0.3, 0.4) is 0 Å². The zero-order valence-corrected chi connectivity index (χ0v) is 10.0. The van der Waals surface area contributed by atoms with E-state index in [4.69, 9.17) is 10.00 Å². The molecule has 1 atom stereocenters. The fraction of sp³-hybridized carbons (Fsp3) is 0.308. The van der Waals surface area contributed by atoms with E-state index in [1.807, 2.05) is 30.3 Å². The molecule has 0 fully saturated rings. The van der Waals surface area contributed by atoms with Gasteiger partial charge in [-0.3, -0.25) is 0 Å². The Morgan fingerprint density at radius 2 is 2.28 bits per heavy atom. The number of anilines is 1. The molecule has 1 aliphatic heterocycles.